The van der Waals surface area contributed by atoms with Gasteiger partial charge in [-0.1, -0.05) is 6.08 Å². The van der Waals surface area contributed by atoms with E-state index in [1.807, 2.05) is 0 Å². The molecule has 1 aromatic rings. The molecule has 0 atom stereocenters. The molecule has 0 radical (unpaired) electrons. The molecule has 0 bridgehead atoms. The van der Waals surface area contributed by atoms with E-state index in [0.29, 0.717) is 19.5 Å². The fourth-order valence-electron chi connectivity index (χ4n) is 2.01. The maximum Gasteiger partial charge on any atom is 0.235 e. The molecule has 6 nitrogen and oxygen atoms in total. The third kappa shape index (κ3) is 4.66. The number of sulfonamides is 1. The van der Waals surface area contributed by atoms with Crippen LogP contribution in [0, 0.1) is 0 Å². The molecular weight excluding hydrogens is 276 g/mol. The monoisotopic (exact) mass is 296 g/mol. The van der Waals surface area contributed by atoms with Crippen LogP contribution in [0.15, 0.2) is 29.9 Å². The summed E-state index contributed by atoms with van der Waals surface area (Å²) in [5.74, 6) is 0.797. The van der Waals surface area contributed by atoms with Gasteiger partial charge in [0.05, 0.1) is 0 Å². The molecule has 20 heavy (non-hydrogen) atoms. The zero-order valence-electron chi connectivity index (χ0n) is 11.4. The highest BCUT2D eigenvalue weighted by molar-refractivity contribution is 7.92. The summed E-state index contributed by atoms with van der Waals surface area (Å²) in [6.45, 7) is 2.53. The van der Waals surface area contributed by atoms with Crippen molar-refractivity contribution in [1.29, 1.82) is 0 Å². The van der Waals surface area contributed by atoms with Crippen LogP contribution in [0.25, 0.3) is 0 Å². The molecular formula is C13H20N4O2S. The maximum atomic E-state index is 12.0. The molecule has 0 spiro atoms. The Kier molecular flexibility index (Phi) is 5.63. The van der Waals surface area contributed by atoms with Crippen LogP contribution in [0.3, 0.4) is 0 Å². The topological polar surface area (TPSA) is 75.2 Å². The van der Waals surface area contributed by atoms with E-state index in [1.54, 1.807) is 24.5 Å². The summed E-state index contributed by atoms with van der Waals surface area (Å²) in [5.41, 5.74) is 0. The predicted octanol–water partition coefficient (Wildman–Crippen LogP) is 0.548. The molecule has 0 amide bonds. The van der Waals surface area contributed by atoms with Gasteiger partial charge in [0, 0.05) is 50.4 Å². The van der Waals surface area contributed by atoms with E-state index in [9.17, 15) is 8.42 Å². The predicted molar refractivity (Wildman–Crippen MR) is 77.5 cm³/mol. The molecule has 110 valence electrons. The van der Waals surface area contributed by atoms with Crippen LogP contribution < -0.4 is 5.32 Å². The molecule has 0 aromatic carbocycles. The first-order valence-corrected chi connectivity index (χ1v) is 8.32. The summed E-state index contributed by atoms with van der Waals surface area (Å²) in [6.07, 6.45) is 7.47. The molecule has 0 unspecified atom stereocenters. The summed E-state index contributed by atoms with van der Waals surface area (Å²) in [4.78, 5) is 8.26. The standard InChI is InChI=1S/C13H20N4O2S/c18-20(19,17-10-8-14-9-11-17)12-3-1-2-5-13-15-6-4-7-16-13/h3-4,6-7,12,14H,1-2,5,8-11H2/b12-3+. The van der Waals surface area contributed by atoms with Crippen molar-refractivity contribution in [3.8, 4) is 0 Å². The summed E-state index contributed by atoms with van der Waals surface area (Å²) in [6, 6.07) is 1.78. The molecule has 1 aromatic heterocycles. The number of aryl methyl sites for hydroxylation is 1. The second-order valence-electron chi connectivity index (χ2n) is 4.62. The average Bonchev–Trinajstić information content (AvgIpc) is 2.49. The van der Waals surface area contributed by atoms with Crippen LogP contribution in [-0.4, -0.2) is 48.9 Å². The SMILES string of the molecule is O=S(=O)(/C=C/CCCc1ncccn1)N1CCNCC1. The number of unbranched alkanes of at least 4 members (excludes halogenated alkanes) is 1. The molecule has 2 heterocycles. The fourth-order valence-corrected chi connectivity index (χ4v) is 3.25. The number of allylic oxidation sites excluding steroid dienone is 1. The Balaban J connectivity index is 1.75. The lowest BCUT2D eigenvalue weighted by atomic mass is 10.2. The Labute approximate surface area is 120 Å². The minimum atomic E-state index is -3.25. The Morgan fingerprint density at radius 2 is 1.95 bits per heavy atom. The Hall–Kier alpha value is -1.31. The van der Waals surface area contributed by atoms with E-state index in [4.69, 9.17) is 0 Å². The minimum absolute atomic E-state index is 0.546. The normalized spacial score (nSPS) is 17.6. The van der Waals surface area contributed by atoms with Gasteiger partial charge in [0.25, 0.3) is 0 Å². The fraction of sp³-hybridized carbons (Fsp3) is 0.538. The number of rotatable bonds is 6. The smallest absolute Gasteiger partial charge is 0.235 e. The van der Waals surface area contributed by atoms with Gasteiger partial charge in [-0.25, -0.2) is 18.4 Å². The number of hydrogen-bond acceptors (Lipinski definition) is 5. The van der Waals surface area contributed by atoms with E-state index in [-0.39, 0.29) is 0 Å². The first kappa shape index (κ1) is 15.1. The molecule has 2 rings (SSSR count). The summed E-state index contributed by atoms with van der Waals surface area (Å²) < 4.78 is 25.5. The highest BCUT2D eigenvalue weighted by atomic mass is 32.2. The number of hydrogen-bond donors (Lipinski definition) is 1. The molecule has 0 aliphatic carbocycles. The van der Waals surface area contributed by atoms with Gasteiger partial charge in [-0.05, 0) is 18.9 Å². The summed E-state index contributed by atoms with van der Waals surface area (Å²) >= 11 is 0. The van der Waals surface area contributed by atoms with Crippen LogP contribution in [0.4, 0.5) is 0 Å². The van der Waals surface area contributed by atoms with Crippen molar-refractivity contribution in [2.75, 3.05) is 26.2 Å². The second kappa shape index (κ2) is 7.47. The zero-order chi connectivity index (χ0) is 14.3. The lowest BCUT2D eigenvalue weighted by Crippen LogP contribution is -2.45. The number of piperazine rings is 1. The first-order chi connectivity index (χ1) is 9.68. The molecule has 1 N–H and O–H groups in total. The van der Waals surface area contributed by atoms with Gasteiger partial charge < -0.3 is 5.32 Å². The van der Waals surface area contributed by atoms with Gasteiger partial charge in [0.2, 0.25) is 10.0 Å². The van der Waals surface area contributed by atoms with E-state index >= 15 is 0 Å². The van der Waals surface area contributed by atoms with Crippen molar-refractivity contribution in [2.24, 2.45) is 0 Å². The zero-order valence-corrected chi connectivity index (χ0v) is 12.2. The molecule has 7 heteroatoms. The molecule has 1 fully saturated rings. The number of aromatic nitrogens is 2. The van der Waals surface area contributed by atoms with Crippen molar-refractivity contribution >= 4 is 10.0 Å². The first-order valence-electron chi connectivity index (χ1n) is 6.82. The highest BCUT2D eigenvalue weighted by Gasteiger charge is 2.20. The molecule has 1 aliphatic rings. The third-order valence-corrected chi connectivity index (χ3v) is 4.72. The van der Waals surface area contributed by atoms with Crippen LogP contribution in [0.5, 0.6) is 0 Å². The number of nitrogens with one attached hydrogen (secondary N) is 1. The quantitative estimate of drug-likeness (QED) is 0.776. The van der Waals surface area contributed by atoms with E-state index < -0.39 is 10.0 Å². The Morgan fingerprint density at radius 3 is 2.65 bits per heavy atom. The highest BCUT2D eigenvalue weighted by Crippen LogP contribution is 2.06. The van der Waals surface area contributed by atoms with Crippen LogP contribution in [-0.2, 0) is 16.4 Å². The van der Waals surface area contributed by atoms with Crippen LogP contribution in [0.2, 0.25) is 0 Å². The lowest BCUT2D eigenvalue weighted by molar-refractivity contribution is 0.364. The summed E-state index contributed by atoms with van der Waals surface area (Å²) in [5, 5.41) is 4.46. The van der Waals surface area contributed by atoms with Gasteiger partial charge in [-0.3, -0.25) is 0 Å². The van der Waals surface area contributed by atoms with E-state index in [2.05, 4.69) is 15.3 Å². The third-order valence-electron chi connectivity index (χ3n) is 3.09. The summed E-state index contributed by atoms with van der Waals surface area (Å²) in [7, 11) is -3.25. The van der Waals surface area contributed by atoms with Gasteiger partial charge in [0.15, 0.2) is 0 Å². The van der Waals surface area contributed by atoms with Crippen molar-refractivity contribution in [3.63, 3.8) is 0 Å². The molecule has 0 saturated carbocycles. The lowest BCUT2D eigenvalue weighted by Gasteiger charge is -2.25. The van der Waals surface area contributed by atoms with Crippen molar-refractivity contribution < 1.29 is 8.42 Å². The Morgan fingerprint density at radius 1 is 1.25 bits per heavy atom. The van der Waals surface area contributed by atoms with Gasteiger partial charge in [-0.15, -0.1) is 0 Å². The molecule has 1 aliphatic heterocycles. The van der Waals surface area contributed by atoms with Crippen molar-refractivity contribution in [2.45, 2.75) is 19.3 Å². The molecule has 1 saturated heterocycles. The van der Waals surface area contributed by atoms with Gasteiger partial charge >= 0.3 is 0 Å². The van der Waals surface area contributed by atoms with Gasteiger partial charge in [-0.2, -0.15) is 4.31 Å². The maximum absolute atomic E-state index is 12.0. The van der Waals surface area contributed by atoms with E-state index in [1.165, 1.54) is 9.71 Å². The van der Waals surface area contributed by atoms with Gasteiger partial charge in [0.1, 0.15) is 5.82 Å². The average molecular weight is 296 g/mol. The van der Waals surface area contributed by atoms with Crippen molar-refractivity contribution in [1.82, 2.24) is 19.6 Å². The van der Waals surface area contributed by atoms with E-state index in [0.717, 1.165) is 31.8 Å². The van der Waals surface area contributed by atoms with Crippen LogP contribution >= 0.6 is 0 Å². The largest absolute Gasteiger partial charge is 0.314 e. The second-order valence-corrected chi connectivity index (χ2v) is 6.44. The minimum Gasteiger partial charge on any atom is -0.314 e. The van der Waals surface area contributed by atoms with Crippen molar-refractivity contribution in [3.05, 3.63) is 35.8 Å². The Bertz CT molecular complexity index is 525. The van der Waals surface area contributed by atoms with Crippen LogP contribution in [0.1, 0.15) is 18.7 Å². The number of nitrogens with zero attached hydrogens (tertiary/aromatic N) is 3.